The number of thiazole rings is 1. The lowest BCUT2D eigenvalue weighted by molar-refractivity contribution is -0.130. The fourth-order valence-electron chi connectivity index (χ4n) is 3.37. The first-order valence-corrected chi connectivity index (χ1v) is 10.2. The van der Waals surface area contributed by atoms with Gasteiger partial charge in [-0.25, -0.2) is 4.98 Å². The van der Waals surface area contributed by atoms with E-state index < -0.39 is 0 Å². The zero-order valence-corrected chi connectivity index (χ0v) is 15.9. The largest absolute Gasteiger partial charge is 0.341 e. The molecule has 0 radical (unpaired) electrons. The van der Waals surface area contributed by atoms with Crippen LogP contribution in [0.15, 0.2) is 35.8 Å². The van der Waals surface area contributed by atoms with E-state index >= 15 is 0 Å². The molecule has 26 heavy (non-hydrogen) atoms. The van der Waals surface area contributed by atoms with E-state index in [1.807, 2.05) is 4.90 Å². The molecule has 5 nitrogen and oxygen atoms in total. The molecular weight excluding hydrogens is 344 g/mol. The van der Waals surface area contributed by atoms with E-state index in [-0.39, 0.29) is 5.91 Å². The van der Waals surface area contributed by atoms with Gasteiger partial charge in [-0.15, -0.1) is 11.3 Å². The molecule has 3 aromatic rings. The molecule has 1 aliphatic heterocycles. The van der Waals surface area contributed by atoms with E-state index in [0.717, 1.165) is 60.9 Å². The number of imidazole rings is 1. The Morgan fingerprint density at radius 3 is 2.88 bits per heavy atom. The third kappa shape index (κ3) is 3.52. The second-order valence-corrected chi connectivity index (χ2v) is 7.55. The molecule has 0 unspecified atom stereocenters. The lowest BCUT2D eigenvalue weighted by Gasteiger charge is -2.19. The van der Waals surface area contributed by atoms with Crippen molar-refractivity contribution in [3.8, 4) is 11.3 Å². The van der Waals surface area contributed by atoms with Gasteiger partial charge < -0.3 is 10.2 Å². The molecule has 1 N–H and O–H groups in total. The number of amides is 1. The fourth-order valence-corrected chi connectivity index (χ4v) is 4.24. The molecule has 1 amide bonds. The maximum atomic E-state index is 12.7. The van der Waals surface area contributed by atoms with E-state index in [4.69, 9.17) is 4.98 Å². The first-order chi connectivity index (χ1) is 12.7. The minimum absolute atomic E-state index is 0.205. The van der Waals surface area contributed by atoms with Crippen molar-refractivity contribution in [2.24, 2.45) is 0 Å². The molecule has 4 rings (SSSR count). The highest BCUT2D eigenvalue weighted by Crippen LogP contribution is 2.24. The summed E-state index contributed by atoms with van der Waals surface area (Å²) >= 11 is 1.60. The Kier molecular flexibility index (Phi) is 5.04. The second-order valence-electron chi connectivity index (χ2n) is 6.72. The molecule has 2 aromatic heterocycles. The smallest absolute Gasteiger partial charge is 0.228 e. The third-order valence-electron chi connectivity index (χ3n) is 4.97. The van der Waals surface area contributed by atoms with Gasteiger partial charge >= 0.3 is 0 Å². The van der Waals surface area contributed by atoms with Crippen LogP contribution in [0.4, 0.5) is 0 Å². The van der Waals surface area contributed by atoms with Gasteiger partial charge in [-0.05, 0) is 24.9 Å². The quantitative estimate of drug-likeness (QED) is 0.770. The van der Waals surface area contributed by atoms with Crippen molar-refractivity contribution < 1.29 is 4.79 Å². The zero-order chi connectivity index (χ0) is 17.9. The topological polar surface area (TPSA) is 49.6 Å². The van der Waals surface area contributed by atoms with E-state index in [9.17, 15) is 4.79 Å². The summed E-state index contributed by atoms with van der Waals surface area (Å²) in [5.41, 5.74) is 4.44. The summed E-state index contributed by atoms with van der Waals surface area (Å²) in [5.74, 6) is 0.205. The molecule has 0 bridgehead atoms. The predicted octanol–water partition coefficient (Wildman–Crippen LogP) is 2.99. The van der Waals surface area contributed by atoms with E-state index in [2.05, 4.69) is 52.5 Å². The van der Waals surface area contributed by atoms with Crippen LogP contribution in [-0.4, -0.2) is 46.4 Å². The average Bonchev–Trinajstić information content (AvgIpc) is 3.12. The maximum absolute atomic E-state index is 12.7. The highest BCUT2D eigenvalue weighted by molar-refractivity contribution is 7.15. The number of rotatable bonds is 4. The van der Waals surface area contributed by atoms with Crippen molar-refractivity contribution in [3.05, 3.63) is 47.1 Å². The van der Waals surface area contributed by atoms with Crippen molar-refractivity contribution in [1.82, 2.24) is 19.6 Å². The van der Waals surface area contributed by atoms with Gasteiger partial charge in [-0.1, -0.05) is 31.2 Å². The highest BCUT2D eigenvalue weighted by atomic mass is 32.1. The van der Waals surface area contributed by atoms with Gasteiger partial charge in [0.25, 0.3) is 0 Å². The summed E-state index contributed by atoms with van der Waals surface area (Å²) in [5, 5.41) is 5.40. The van der Waals surface area contributed by atoms with Crippen LogP contribution in [0.3, 0.4) is 0 Å². The molecular formula is C20H24N4OS. The highest BCUT2D eigenvalue weighted by Gasteiger charge is 2.18. The van der Waals surface area contributed by atoms with Crippen LogP contribution in [0.25, 0.3) is 16.2 Å². The Hall–Kier alpha value is -2.18. The molecule has 0 spiro atoms. The molecule has 1 aliphatic rings. The normalized spacial score (nSPS) is 15.3. The van der Waals surface area contributed by atoms with Crippen molar-refractivity contribution in [1.29, 1.82) is 0 Å². The maximum Gasteiger partial charge on any atom is 0.228 e. The molecule has 0 aliphatic carbocycles. The van der Waals surface area contributed by atoms with E-state index in [0.29, 0.717) is 6.42 Å². The first-order valence-electron chi connectivity index (χ1n) is 9.28. The third-order valence-corrected chi connectivity index (χ3v) is 5.86. The molecule has 0 atom stereocenters. The van der Waals surface area contributed by atoms with Gasteiger partial charge in [0.1, 0.15) is 0 Å². The lowest BCUT2D eigenvalue weighted by Crippen LogP contribution is -2.35. The van der Waals surface area contributed by atoms with Crippen molar-refractivity contribution in [2.75, 3.05) is 26.2 Å². The van der Waals surface area contributed by atoms with Crippen molar-refractivity contribution >= 4 is 22.2 Å². The number of fused-ring (bicyclic) bond motifs is 1. The van der Waals surface area contributed by atoms with Gasteiger partial charge in [-0.2, -0.15) is 0 Å². The Labute approximate surface area is 157 Å². The minimum Gasteiger partial charge on any atom is -0.341 e. The number of nitrogens with zero attached hydrogens (tertiary/aromatic N) is 3. The number of hydrogen-bond donors (Lipinski definition) is 1. The van der Waals surface area contributed by atoms with Crippen LogP contribution < -0.4 is 5.32 Å². The molecule has 0 saturated carbocycles. The van der Waals surface area contributed by atoms with Gasteiger partial charge in [0.2, 0.25) is 5.91 Å². The van der Waals surface area contributed by atoms with E-state index in [1.165, 1.54) is 5.56 Å². The molecule has 1 fully saturated rings. The number of carbonyl (C=O) groups is 1. The number of aryl methyl sites for hydroxylation is 1. The number of benzene rings is 1. The van der Waals surface area contributed by atoms with Crippen LogP contribution in [0.2, 0.25) is 0 Å². The number of hydrogen-bond acceptors (Lipinski definition) is 4. The number of nitrogens with one attached hydrogen (secondary N) is 1. The summed E-state index contributed by atoms with van der Waals surface area (Å²) in [4.78, 5) is 20.3. The second kappa shape index (κ2) is 7.60. The van der Waals surface area contributed by atoms with Gasteiger partial charge in [0.15, 0.2) is 4.96 Å². The molecule has 1 saturated heterocycles. The first kappa shape index (κ1) is 17.2. The Bertz CT molecular complexity index is 888. The predicted molar refractivity (Wildman–Crippen MR) is 106 cm³/mol. The SMILES string of the molecule is CCc1ccc(-c2cn3c(CC(=O)N4CCCNCC4)csc3n2)cc1. The lowest BCUT2D eigenvalue weighted by atomic mass is 10.1. The molecule has 1 aromatic carbocycles. The summed E-state index contributed by atoms with van der Waals surface area (Å²) < 4.78 is 2.07. The van der Waals surface area contributed by atoms with Crippen LogP contribution in [0, 0.1) is 0 Å². The van der Waals surface area contributed by atoms with Crippen molar-refractivity contribution in [3.63, 3.8) is 0 Å². The van der Waals surface area contributed by atoms with Crippen LogP contribution in [-0.2, 0) is 17.6 Å². The Morgan fingerprint density at radius 2 is 2.08 bits per heavy atom. The average molecular weight is 369 g/mol. The van der Waals surface area contributed by atoms with Gasteiger partial charge in [0.05, 0.1) is 12.1 Å². The molecule has 3 heterocycles. The van der Waals surface area contributed by atoms with Crippen LogP contribution in [0.1, 0.15) is 24.6 Å². The number of aromatic nitrogens is 2. The Balaban J connectivity index is 1.54. The van der Waals surface area contributed by atoms with Gasteiger partial charge in [0, 0.05) is 42.5 Å². The standard InChI is InChI=1S/C20H24N4OS/c1-2-15-4-6-16(7-5-15)18-13-24-17(14-26-20(24)22-18)12-19(25)23-10-3-8-21-9-11-23/h4-7,13-14,21H,2-3,8-12H2,1H3. The van der Waals surface area contributed by atoms with Crippen LogP contribution >= 0.6 is 11.3 Å². The summed E-state index contributed by atoms with van der Waals surface area (Å²) in [6, 6.07) is 8.56. The minimum atomic E-state index is 0.205. The van der Waals surface area contributed by atoms with Crippen LogP contribution in [0.5, 0.6) is 0 Å². The molecule has 136 valence electrons. The Morgan fingerprint density at radius 1 is 1.23 bits per heavy atom. The fraction of sp³-hybridized carbons (Fsp3) is 0.400. The number of carbonyl (C=O) groups excluding carboxylic acids is 1. The summed E-state index contributed by atoms with van der Waals surface area (Å²) in [6.07, 6.45) is 4.55. The summed E-state index contributed by atoms with van der Waals surface area (Å²) in [7, 11) is 0. The monoisotopic (exact) mass is 368 g/mol. The molecule has 6 heteroatoms. The van der Waals surface area contributed by atoms with Crippen molar-refractivity contribution in [2.45, 2.75) is 26.2 Å². The zero-order valence-electron chi connectivity index (χ0n) is 15.1. The van der Waals surface area contributed by atoms with E-state index in [1.54, 1.807) is 11.3 Å². The van der Waals surface area contributed by atoms with Gasteiger partial charge in [-0.3, -0.25) is 9.20 Å². The summed E-state index contributed by atoms with van der Waals surface area (Å²) in [6.45, 7) is 5.68.